The number of nitrogen functional groups attached to an aromatic ring is 1. The summed E-state index contributed by atoms with van der Waals surface area (Å²) < 4.78 is 40.5. The van der Waals surface area contributed by atoms with E-state index in [1.165, 1.54) is 13.2 Å². The van der Waals surface area contributed by atoms with Crippen molar-refractivity contribution in [1.82, 2.24) is 9.78 Å². The van der Waals surface area contributed by atoms with Crippen LogP contribution in [0.15, 0.2) is 18.3 Å². The Morgan fingerprint density at radius 2 is 2.05 bits per heavy atom. The number of hydrogen-bond acceptors (Lipinski definition) is 3. The average molecular weight is 270 g/mol. The van der Waals surface area contributed by atoms with Crippen LogP contribution in [0.25, 0.3) is 0 Å². The highest BCUT2D eigenvalue weighted by atomic mass is 19.2. The lowest BCUT2D eigenvalue weighted by atomic mass is 10.2. The van der Waals surface area contributed by atoms with E-state index in [2.05, 4.69) is 5.10 Å². The number of carbonyl (C=O) groups is 1. The summed E-state index contributed by atoms with van der Waals surface area (Å²) in [6.45, 7) is 0. The smallest absolute Gasteiger partial charge is 0.276 e. The van der Waals surface area contributed by atoms with Gasteiger partial charge in [0.15, 0.2) is 11.6 Å². The summed E-state index contributed by atoms with van der Waals surface area (Å²) >= 11 is 0. The number of amides is 1. The second-order valence-electron chi connectivity index (χ2n) is 3.78. The van der Waals surface area contributed by atoms with Crippen molar-refractivity contribution in [2.75, 3.05) is 11.1 Å². The van der Waals surface area contributed by atoms with Crippen molar-refractivity contribution in [1.29, 1.82) is 0 Å². The Hall–Kier alpha value is -2.51. The van der Waals surface area contributed by atoms with Crippen LogP contribution in [0.4, 0.5) is 24.5 Å². The molecular weight excluding hydrogens is 261 g/mol. The van der Waals surface area contributed by atoms with Gasteiger partial charge >= 0.3 is 0 Å². The van der Waals surface area contributed by atoms with Crippen LogP contribution < -0.4 is 11.1 Å². The summed E-state index contributed by atoms with van der Waals surface area (Å²) in [6, 6.07) is 1.05. The third-order valence-corrected chi connectivity index (χ3v) is 2.42. The topological polar surface area (TPSA) is 72.9 Å². The van der Waals surface area contributed by atoms with Crippen LogP contribution in [-0.2, 0) is 7.05 Å². The molecule has 0 aliphatic heterocycles. The first-order valence-electron chi connectivity index (χ1n) is 5.13. The number of halogens is 3. The predicted molar refractivity (Wildman–Crippen MR) is 61.9 cm³/mol. The molecule has 8 heteroatoms. The molecule has 1 amide bonds. The molecule has 0 spiro atoms. The van der Waals surface area contributed by atoms with Crippen LogP contribution in [0.1, 0.15) is 10.5 Å². The lowest BCUT2D eigenvalue weighted by Gasteiger charge is -2.08. The molecule has 0 atom stereocenters. The van der Waals surface area contributed by atoms with Gasteiger partial charge in [0.25, 0.3) is 5.91 Å². The van der Waals surface area contributed by atoms with E-state index >= 15 is 0 Å². The van der Waals surface area contributed by atoms with Gasteiger partial charge in [0.05, 0.1) is 17.6 Å². The largest absolute Gasteiger partial charge is 0.396 e. The van der Waals surface area contributed by atoms with Crippen molar-refractivity contribution < 1.29 is 18.0 Å². The molecule has 0 unspecified atom stereocenters. The maximum Gasteiger partial charge on any atom is 0.276 e. The molecule has 0 bridgehead atoms. The number of anilines is 2. The van der Waals surface area contributed by atoms with Crippen molar-refractivity contribution in [3.8, 4) is 0 Å². The summed E-state index contributed by atoms with van der Waals surface area (Å²) in [5.41, 5.74) is 4.93. The fourth-order valence-corrected chi connectivity index (χ4v) is 1.56. The lowest BCUT2D eigenvalue weighted by molar-refractivity contribution is 0.101. The van der Waals surface area contributed by atoms with Gasteiger partial charge in [0.1, 0.15) is 11.5 Å². The van der Waals surface area contributed by atoms with Gasteiger partial charge in [-0.15, -0.1) is 0 Å². The normalized spacial score (nSPS) is 10.5. The molecule has 1 aromatic heterocycles. The number of nitrogens with zero attached hydrogens (tertiary/aromatic N) is 2. The number of rotatable bonds is 2. The molecule has 0 aliphatic carbocycles. The number of aryl methyl sites for hydroxylation is 1. The summed E-state index contributed by atoms with van der Waals surface area (Å²) in [5, 5.41) is 5.77. The Bertz CT molecular complexity index is 634. The van der Waals surface area contributed by atoms with Crippen LogP contribution in [0.5, 0.6) is 0 Å². The van der Waals surface area contributed by atoms with Gasteiger partial charge < -0.3 is 11.1 Å². The number of carbonyl (C=O) groups excluding carboxylic acids is 1. The van der Waals surface area contributed by atoms with Gasteiger partial charge in [-0.05, 0) is 0 Å². The molecule has 2 aromatic rings. The third-order valence-electron chi connectivity index (χ3n) is 2.42. The number of nitrogens with two attached hydrogens (primary N) is 1. The van der Waals surface area contributed by atoms with Crippen molar-refractivity contribution >= 4 is 17.3 Å². The second kappa shape index (κ2) is 4.63. The van der Waals surface area contributed by atoms with Crippen LogP contribution in [0.3, 0.4) is 0 Å². The van der Waals surface area contributed by atoms with Crippen LogP contribution in [0, 0.1) is 17.5 Å². The quantitative estimate of drug-likeness (QED) is 0.815. The Morgan fingerprint density at radius 1 is 1.37 bits per heavy atom. The highest BCUT2D eigenvalue weighted by molar-refractivity contribution is 6.06. The number of benzene rings is 1. The lowest BCUT2D eigenvalue weighted by Crippen LogP contribution is -2.18. The summed E-state index contributed by atoms with van der Waals surface area (Å²) in [7, 11) is 1.45. The van der Waals surface area contributed by atoms with Crippen molar-refractivity contribution in [3.63, 3.8) is 0 Å². The Balaban J connectivity index is 2.35. The second-order valence-corrected chi connectivity index (χ2v) is 3.78. The van der Waals surface area contributed by atoms with Gasteiger partial charge in [-0.2, -0.15) is 5.10 Å². The highest BCUT2D eigenvalue weighted by Gasteiger charge is 2.18. The van der Waals surface area contributed by atoms with Gasteiger partial charge in [-0.25, -0.2) is 13.2 Å². The van der Waals surface area contributed by atoms with Gasteiger partial charge in [-0.3, -0.25) is 9.48 Å². The van der Waals surface area contributed by atoms with Gasteiger partial charge in [0, 0.05) is 19.2 Å². The van der Waals surface area contributed by atoms with E-state index < -0.39 is 29.0 Å². The van der Waals surface area contributed by atoms with Crippen molar-refractivity contribution in [2.24, 2.45) is 7.05 Å². The molecule has 0 aliphatic rings. The fraction of sp³-hybridized carbons (Fsp3) is 0.0909. The maximum absolute atomic E-state index is 13.4. The first kappa shape index (κ1) is 12.9. The van der Waals surface area contributed by atoms with Gasteiger partial charge in [0.2, 0.25) is 0 Å². The zero-order valence-electron chi connectivity index (χ0n) is 9.75. The number of nitrogens with one attached hydrogen (secondary N) is 1. The first-order chi connectivity index (χ1) is 8.90. The predicted octanol–water partition coefficient (Wildman–Crippen LogP) is 1.67. The molecule has 0 saturated heterocycles. The molecule has 100 valence electrons. The van der Waals surface area contributed by atoms with Crippen LogP contribution in [0.2, 0.25) is 0 Å². The zero-order chi connectivity index (χ0) is 14.2. The first-order valence-corrected chi connectivity index (χ1v) is 5.13. The number of aromatic nitrogens is 2. The van der Waals surface area contributed by atoms with E-state index in [1.54, 1.807) is 0 Å². The average Bonchev–Trinajstić information content (AvgIpc) is 2.65. The van der Waals surface area contributed by atoms with Crippen LogP contribution >= 0.6 is 0 Å². The highest BCUT2D eigenvalue weighted by Crippen LogP contribution is 2.20. The van der Waals surface area contributed by atoms with Gasteiger partial charge in [-0.1, -0.05) is 0 Å². The minimum absolute atomic E-state index is 0.0379. The molecule has 3 N–H and O–H groups in total. The standard InChI is InChI=1S/C11H9F3N4O/c1-18-10(7(15)4-16-18)11(19)17-8-3-5(12)2-6(13)9(8)14/h2-4H,15H2,1H3,(H,17,19). The Kier molecular flexibility index (Phi) is 3.16. The Labute approximate surface area is 105 Å². The number of hydrogen-bond donors (Lipinski definition) is 2. The van der Waals surface area contributed by atoms with E-state index in [4.69, 9.17) is 5.73 Å². The summed E-state index contributed by atoms with van der Waals surface area (Å²) in [6.07, 6.45) is 1.23. The van der Waals surface area contributed by atoms with E-state index in [9.17, 15) is 18.0 Å². The molecule has 2 rings (SSSR count). The van der Waals surface area contributed by atoms with Crippen molar-refractivity contribution in [2.45, 2.75) is 0 Å². The third kappa shape index (κ3) is 2.37. The van der Waals surface area contributed by atoms with Crippen molar-refractivity contribution in [3.05, 3.63) is 41.5 Å². The zero-order valence-corrected chi connectivity index (χ0v) is 9.75. The maximum atomic E-state index is 13.4. The Morgan fingerprint density at radius 3 is 2.63 bits per heavy atom. The molecule has 0 saturated carbocycles. The van der Waals surface area contributed by atoms with E-state index in [-0.39, 0.29) is 11.4 Å². The molecule has 1 aromatic carbocycles. The molecule has 19 heavy (non-hydrogen) atoms. The monoisotopic (exact) mass is 270 g/mol. The molecule has 5 nitrogen and oxygen atoms in total. The minimum Gasteiger partial charge on any atom is -0.396 e. The fourth-order valence-electron chi connectivity index (χ4n) is 1.56. The van der Waals surface area contributed by atoms with Crippen LogP contribution in [-0.4, -0.2) is 15.7 Å². The summed E-state index contributed by atoms with van der Waals surface area (Å²) in [4.78, 5) is 11.8. The van der Waals surface area contributed by atoms with E-state index in [1.807, 2.05) is 5.32 Å². The summed E-state index contributed by atoms with van der Waals surface area (Å²) in [5.74, 6) is -4.57. The molecule has 0 radical (unpaired) electrons. The molecule has 1 heterocycles. The molecular formula is C11H9F3N4O. The molecule has 0 fully saturated rings. The van der Waals surface area contributed by atoms with E-state index in [0.717, 1.165) is 4.68 Å². The van der Waals surface area contributed by atoms with E-state index in [0.29, 0.717) is 12.1 Å². The minimum atomic E-state index is -1.40. The SMILES string of the molecule is Cn1ncc(N)c1C(=O)Nc1cc(F)cc(F)c1F.